The molecule has 0 aliphatic carbocycles. The highest BCUT2D eigenvalue weighted by Gasteiger charge is 2.19. The quantitative estimate of drug-likeness (QED) is 0.872. The van der Waals surface area contributed by atoms with Gasteiger partial charge < -0.3 is 15.4 Å². The van der Waals surface area contributed by atoms with E-state index in [0.29, 0.717) is 18.0 Å². The predicted molar refractivity (Wildman–Crippen MR) is 95.8 cm³/mol. The van der Waals surface area contributed by atoms with Crippen LogP contribution in [0.3, 0.4) is 0 Å². The van der Waals surface area contributed by atoms with Gasteiger partial charge in [-0.1, -0.05) is 12.1 Å². The summed E-state index contributed by atoms with van der Waals surface area (Å²) in [4.78, 5) is 21.4. The number of carbonyl (C=O) groups excluding carboxylic acids is 1. The standard InChI is InChI=1S/C19H24N4O2/c1-13-17(12-21-18(23-13)15-6-4-8-20-11-15)19(24)22-10-14-5-3-7-16(9-14)25-2/h3,5,7,9,12,15,20H,4,6,8,10-11H2,1-2H3,(H,22,24)/t15-/m1/s1. The number of nitrogens with zero attached hydrogens (tertiary/aromatic N) is 2. The molecule has 1 aliphatic rings. The number of nitrogens with one attached hydrogen (secondary N) is 2. The Bertz CT molecular complexity index is 742. The molecule has 0 radical (unpaired) electrons. The van der Waals surface area contributed by atoms with Crippen LogP contribution in [0.4, 0.5) is 0 Å². The lowest BCUT2D eigenvalue weighted by Crippen LogP contribution is -2.30. The first kappa shape index (κ1) is 17.4. The van der Waals surface area contributed by atoms with Crippen LogP contribution in [0.25, 0.3) is 0 Å². The zero-order chi connectivity index (χ0) is 17.6. The summed E-state index contributed by atoms with van der Waals surface area (Å²) in [7, 11) is 1.63. The molecule has 6 heteroatoms. The zero-order valence-corrected chi connectivity index (χ0v) is 14.7. The molecule has 1 atom stereocenters. The highest BCUT2D eigenvalue weighted by atomic mass is 16.5. The Morgan fingerprint density at radius 2 is 2.32 bits per heavy atom. The number of ether oxygens (including phenoxy) is 1. The molecule has 3 rings (SSSR count). The summed E-state index contributed by atoms with van der Waals surface area (Å²) < 4.78 is 5.20. The first-order valence-corrected chi connectivity index (χ1v) is 8.62. The molecular weight excluding hydrogens is 316 g/mol. The van der Waals surface area contributed by atoms with E-state index in [1.807, 2.05) is 31.2 Å². The molecule has 2 N–H and O–H groups in total. The van der Waals surface area contributed by atoms with E-state index < -0.39 is 0 Å². The second kappa shape index (κ2) is 8.07. The van der Waals surface area contributed by atoms with Crippen molar-refractivity contribution in [3.8, 4) is 5.75 Å². The Hall–Kier alpha value is -2.47. The Morgan fingerprint density at radius 1 is 1.44 bits per heavy atom. The third-order valence-electron chi connectivity index (χ3n) is 4.49. The van der Waals surface area contributed by atoms with E-state index in [1.54, 1.807) is 13.3 Å². The molecule has 25 heavy (non-hydrogen) atoms. The van der Waals surface area contributed by atoms with Crippen LogP contribution in [0.1, 0.15) is 46.2 Å². The highest BCUT2D eigenvalue weighted by Crippen LogP contribution is 2.20. The van der Waals surface area contributed by atoms with Crippen molar-refractivity contribution in [3.63, 3.8) is 0 Å². The van der Waals surface area contributed by atoms with Crippen molar-refractivity contribution in [1.29, 1.82) is 0 Å². The van der Waals surface area contributed by atoms with Crippen molar-refractivity contribution in [3.05, 3.63) is 53.1 Å². The van der Waals surface area contributed by atoms with Gasteiger partial charge in [-0.2, -0.15) is 0 Å². The van der Waals surface area contributed by atoms with E-state index in [-0.39, 0.29) is 5.91 Å². The Labute approximate surface area is 148 Å². The lowest BCUT2D eigenvalue weighted by Gasteiger charge is -2.21. The summed E-state index contributed by atoms with van der Waals surface area (Å²) in [6.07, 6.45) is 3.87. The van der Waals surface area contributed by atoms with E-state index in [9.17, 15) is 4.79 Å². The number of aromatic nitrogens is 2. The van der Waals surface area contributed by atoms with Crippen LogP contribution >= 0.6 is 0 Å². The molecule has 2 aromatic rings. The van der Waals surface area contributed by atoms with Crippen LogP contribution in [-0.2, 0) is 6.54 Å². The number of methoxy groups -OCH3 is 1. The fourth-order valence-electron chi connectivity index (χ4n) is 3.04. The van der Waals surface area contributed by atoms with Crippen molar-refractivity contribution >= 4 is 5.91 Å². The maximum Gasteiger partial charge on any atom is 0.254 e. The maximum absolute atomic E-state index is 12.4. The molecule has 1 amide bonds. The van der Waals surface area contributed by atoms with Gasteiger partial charge in [-0.3, -0.25) is 4.79 Å². The molecule has 0 spiro atoms. The molecule has 1 aromatic heterocycles. The SMILES string of the molecule is COc1cccc(CNC(=O)c2cnc([C@@H]3CCCNC3)nc2C)c1. The second-order valence-electron chi connectivity index (χ2n) is 6.30. The average Bonchev–Trinajstić information content (AvgIpc) is 2.67. The summed E-state index contributed by atoms with van der Waals surface area (Å²) in [5.74, 6) is 1.78. The van der Waals surface area contributed by atoms with Crippen LogP contribution in [-0.4, -0.2) is 36.1 Å². The van der Waals surface area contributed by atoms with Gasteiger partial charge in [0.2, 0.25) is 0 Å². The van der Waals surface area contributed by atoms with Crippen LogP contribution in [0.5, 0.6) is 5.75 Å². The van der Waals surface area contributed by atoms with E-state index in [0.717, 1.165) is 48.8 Å². The first-order valence-electron chi connectivity index (χ1n) is 8.62. The van der Waals surface area contributed by atoms with Crippen LogP contribution < -0.4 is 15.4 Å². The topological polar surface area (TPSA) is 76.1 Å². The van der Waals surface area contributed by atoms with Crippen molar-refractivity contribution in [2.75, 3.05) is 20.2 Å². The number of amides is 1. The number of carbonyl (C=O) groups is 1. The van der Waals surface area contributed by atoms with E-state index in [4.69, 9.17) is 4.74 Å². The van der Waals surface area contributed by atoms with Crippen LogP contribution in [0.15, 0.2) is 30.5 Å². The van der Waals surface area contributed by atoms with Crippen molar-refractivity contribution in [2.24, 2.45) is 0 Å². The fourth-order valence-corrected chi connectivity index (χ4v) is 3.04. The minimum atomic E-state index is -0.159. The molecule has 1 saturated heterocycles. The third kappa shape index (κ3) is 4.33. The highest BCUT2D eigenvalue weighted by molar-refractivity contribution is 5.94. The maximum atomic E-state index is 12.4. The number of hydrogen-bond donors (Lipinski definition) is 2. The monoisotopic (exact) mass is 340 g/mol. The summed E-state index contributed by atoms with van der Waals surface area (Å²) >= 11 is 0. The van der Waals surface area contributed by atoms with Crippen molar-refractivity contribution < 1.29 is 9.53 Å². The molecule has 0 unspecified atom stereocenters. The molecule has 2 heterocycles. The number of piperidine rings is 1. The number of aryl methyl sites for hydroxylation is 1. The lowest BCUT2D eigenvalue weighted by molar-refractivity contribution is 0.0949. The largest absolute Gasteiger partial charge is 0.497 e. The first-order chi connectivity index (χ1) is 12.2. The van der Waals surface area contributed by atoms with Crippen LogP contribution in [0, 0.1) is 6.92 Å². The summed E-state index contributed by atoms with van der Waals surface area (Å²) in [5, 5.41) is 6.29. The van der Waals surface area contributed by atoms with Crippen molar-refractivity contribution in [1.82, 2.24) is 20.6 Å². The minimum absolute atomic E-state index is 0.159. The van der Waals surface area contributed by atoms with Gasteiger partial charge >= 0.3 is 0 Å². The van der Waals surface area contributed by atoms with Gasteiger partial charge in [0.1, 0.15) is 11.6 Å². The Balaban J connectivity index is 1.65. The van der Waals surface area contributed by atoms with Gasteiger partial charge in [0.25, 0.3) is 5.91 Å². The van der Waals surface area contributed by atoms with Gasteiger partial charge in [0.15, 0.2) is 0 Å². The lowest BCUT2D eigenvalue weighted by atomic mass is 9.98. The molecule has 132 valence electrons. The van der Waals surface area contributed by atoms with E-state index >= 15 is 0 Å². The summed E-state index contributed by atoms with van der Waals surface area (Å²) in [6, 6.07) is 7.64. The number of hydrogen-bond acceptors (Lipinski definition) is 5. The zero-order valence-electron chi connectivity index (χ0n) is 14.7. The fraction of sp³-hybridized carbons (Fsp3) is 0.421. The van der Waals surface area contributed by atoms with Crippen molar-refractivity contribution in [2.45, 2.75) is 32.2 Å². The number of benzene rings is 1. The molecule has 1 aliphatic heterocycles. The number of rotatable bonds is 5. The van der Waals surface area contributed by atoms with Gasteiger partial charge in [0, 0.05) is 25.2 Å². The summed E-state index contributed by atoms with van der Waals surface area (Å²) in [6.45, 7) is 4.26. The van der Waals surface area contributed by atoms with Gasteiger partial charge in [0.05, 0.1) is 18.4 Å². The molecule has 1 fully saturated rings. The molecular formula is C19H24N4O2. The van der Waals surface area contributed by atoms with Gasteiger partial charge in [-0.25, -0.2) is 9.97 Å². The molecule has 6 nitrogen and oxygen atoms in total. The van der Waals surface area contributed by atoms with E-state index in [2.05, 4.69) is 20.6 Å². The molecule has 0 bridgehead atoms. The van der Waals surface area contributed by atoms with Gasteiger partial charge in [-0.15, -0.1) is 0 Å². The normalized spacial score (nSPS) is 17.1. The Kier molecular flexibility index (Phi) is 5.60. The third-order valence-corrected chi connectivity index (χ3v) is 4.49. The molecule has 0 saturated carbocycles. The van der Waals surface area contributed by atoms with E-state index in [1.165, 1.54) is 0 Å². The average molecular weight is 340 g/mol. The second-order valence-corrected chi connectivity index (χ2v) is 6.30. The minimum Gasteiger partial charge on any atom is -0.497 e. The summed E-state index contributed by atoms with van der Waals surface area (Å²) in [5.41, 5.74) is 2.23. The van der Waals surface area contributed by atoms with Gasteiger partial charge in [-0.05, 0) is 44.0 Å². The Morgan fingerprint density at radius 3 is 3.04 bits per heavy atom. The smallest absolute Gasteiger partial charge is 0.254 e. The molecule has 1 aromatic carbocycles. The van der Waals surface area contributed by atoms with Crippen LogP contribution in [0.2, 0.25) is 0 Å². The predicted octanol–water partition coefficient (Wildman–Crippen LogP) is 2.19.